The molecule has 246 valence electrons. The third kappa shape index (κ3) is 6.11. The molecule has 1 atom stereocenters. The average Bonchev–Trinajstić information content (AvgIpc) is 3.55. The maximum Gasteiger partial charge on any atom is 0.416 e. The summed E-state index contributed by atoms with van der Waals surface area (Å²) in [5, 5.41) is 11.0. The van der Waals surface area contributed by atoms with E-state index < -0.39 is 52.7 Å². The molecule has 48 heavy (non-hydrogen) atoms. The lowest BCUT2D eigenvalue weighted by atomic mass is 9.94. The summed E-state index contributed by atoms with van der Waals surface area (Å²) < 4.78 is 74.6. The first-order chi connectivity index (χ1) is 22.7. The molecule has 16 heteroatoms. The van der Waals surface area contributed by atoms with Crippen molar-refractivity contribution >= 4 is 46.0 Å². The van der Waals surface area contributed by atoms with E-state index in [0.29, 0.717) is 23.4 Å². The number of halogens is 6. The number of fused-ring (bicyclic) bond motifs is 3. The van der Waals surface area contributed by atoms with Gasteiger partial charge in [0, 0.05) is 40.9 Å². The van der Waals surface area contributed by atoms with Crippen LogP contribution in [0.3, 0.4) is 0 Å². The van der Waals surface area contributed by atoms with Crippen LogP contribution in [0.15, 0.2) is 66.7 Å². The van der Waals surface area contributed by atoms with Crippen molar-refractivity contribution in [1.82, 2.24) is 20.0 Å². The number of hydrogen-bond acceptors (Lipinski definition) is 6. The summed E-state index contributed by atoms with van der Waals surface area (Å²) in [6.07, 6.45) is -4.95. The van der Waals surface area contributed by atoms with Gasteiger partial charge in [-0.1, -0.05) is 28.6 Å². The van der Waals surface area contributed by atoms with Crippen LogP contribution in [0.25, 0.3) is 11.0 Å². The molecule has 1 aliphatic heterocycles. The van der Waals surface area contributed by atoms with Gasteiger partial charge in [0.1, 0.15) is 28.4 Å². The number of benzene rings is 4. The van der Waals surface area contributed by atoms with E-state index in [1.165, 1.54) is 31.1 Å². The van der Waals surface area contributed by atoms with Gasteiger partial charge >= 0.3 is 6.18 Å². The summed E-state index contributed by atoms with van der Waals surface area (Å²) in [5.74, 6) is -3.80. The fourth-order valence-electron chi connectivity index (χ4n) is 5.50. The number of alkyl halides is 3. The smallest absolute Gasteiger partial charge is 0.416 e. The summed E-state index contributed by atoms with van der Waals surface area (Å²) in [6, 6.07) is 11.7. The lowest BCUT2D eigenvalue weighted by molar-refractivity contribution is -0.137. The first-order valence-corrected chi connectivity index (χ1v) is 14.4. The zero-order chi connectivity index (χ0) is 34.5. The second kappa shape index (κ2) is 12.2. The lowest BCUT2D eigenvalue weighted by Gasteiger charge is -2.27. The third-order valence-electron chi connectivity index (χ3n) is 7.53. The van der Waals surface area contributed by atoms with Crippen LogP contribution in [-0.4, -0.2) is 44.8 Å². The van der Waals surface area contributed by atoms with Crippen molar-refractivity contribution in [3.05, 3.63) is 117 Å². The Labute approximate surface area is 273 Å². The highest BCUT2D eigenvalue weighted by molar-refractivity contribution is 6.31. The predicted molar refractivity (Wildman–Crippen MR) is 163 cm³/mol. The minimum Gasteiger partial charge on any atom is -0.497 e. The zero-order valence-corrected chi connectivity index (χ0v) is 25.6. The largest absolute Gasteiger partial charge is 0.497 e. The Morgan fingerprint density at radius 2 is 1.71 bits per heavy atom. The number of aromatic nitrogens is 3. The Hall–Kier alpha value is -5.57. The number of amides is 3. The van der Waals surface area contributed by atoms with E-state index in [0.717, 1.165) is 17.0 Å². The van der Waals surface area contributed by atoms with Crippen LogP contribution in [0.5, 0.6) is 5.75 Å². The summed E-state index contributed by atoms with van der Waals surface area (Å²) >= 11 is 6.57. The number of rotatable bonds is 7. The molecule has 4 aromatic carbocycles. The Morgan fingerprint density at radius 3 is 2.38 bits per heavy atom. The maximum absolute atomic E-state index is 14.8. The Kier molecular flexibility index (Phi) is 8.24. The molecule has 2 N–H and O–H groups in total. The van der Waals surface area contributed by atoms with E-state index in [1.807, 2.05) is 0 Å². The summed E-state index contributed by atoms with van der Waals surface area (Å²) in [4.78, 5) is 41.8. The van der Waals surface area contributed by atoms with Gasteiger partial charge in [0.2, 0.25) is 5.91 Å². The van der Waals surface area contributed by atoms with Crippen molar-refractivity contribution in [1.29, 1.82) is 0 Å². The molecule has 1 aliphatic rings. The zero-order valence-electron chi connectivity index (χ0n) is 24.8. The molecule has 0 fully saturated rings. The molecule has 0 spiro atoms. The number of carbonyl (C=O) groups is 3. The Bertz CT molecular complexity index is 2120. The number of hydrogen-bond donors (Lipinski definition) is 2. The van der Waals surface area contributed by atoms with Crippen molar-refractivity contribution in [3.63, 3.8) is 0 Å². The van der Waals surface area contributed by atoms with Crippen molar-refractivity contribution in [2.45, 2.75) is 25.7 Å². The highest BCUT2D eigenvalue weighted by Crippen LogP contribution is 2.48. The van der Waals surface area contributed by atoms with Crippen molar-refractivity contribution < 1.29 is 41.1 Å². The number of anilines is 1. The third-order valence-corrected chi connectivity index (χ3v) is 7.88. The van der Waals surface area contributed by atoms with Gasteiger partial charge in [0.15, 0.2) is 0 Å². The van der Waals surface area contributed by atoms with Gasteiger partial charge < -0.3 is 15.0 Å². The lowest BCUT2D eigenvalue weighted by Crippen LogP contribution is -2.29. The highest BCUT2D eigenvalue weighted by Gasteiger charge is 2.43. The van der Waals surface area contributed by atoms with Crippen LogP contribution in [-0.2, 0) is 17.5 Å². The molecule has 0 saturated carbocycles. The molecule has 0 radical (unpaired) electrons. The standard InChI is InChI=1S/C32H22ClF5N6O4/c1-15(45)40-44-41-25-13-24(39-30(46)17-9-18(32(36,37)38)11-20(35)10-17)26-27(28(25)42-44)31(47)43(14-16-3-6-21(48-2)7-4-16)29(26)22-12-19(34)5-8-23(22)33/h3-13,29H,14H2,1-2H3,(H,39,46)(H,40,45). The van der Waals surface area contributed by atoms with E-state index in [9.17, 15) is 36.3 Å². The predicted octanol–water partition coefficient (Wildman–Crippen LogP) is 6.48. The summed E-state index contributed by atoms with van der Waals surface area (Å²) in [5.41, 5.74) is 0.834. The molecular formula is C32H22ClF5N6O4. The van der Waals surface area contributed by atoms with Gasteiger partial charge in [-0.2, -0.15) is 13.2 Å². The van der Waals surface area contributed by atoms with Crippen LogP contribution in [0.1, 0.15) is 55.9 Å². The van der Waals surface area contributed by atoms with Crippen LogP contribution < -0.4 is 15.5 Å². The van der Waals surface area contributed by atoms with Crippen LogP contribution in [0.2, 0.25) is 5.02 Å². The van der Waals surface area contributed by atoms with Gasteiger partial charge in [-0.15, -0.1) is 10.2 Å². The topological polar surface area (TPSA) is 118 Å². The van der Waals surface area contributed by atoms with Crippen molar-refractivity contribution in [3.8, 4) is 5.75 Å². The Balaban J connectivity index is 1.57. The molecule has 1 aromatic heterocycles. The van der Waals surface area contributed by atoms with Gasteiger partial charge in [-0.25, -0.2) is 14.2 Å². The molecular weight excluding hydrogens is 663 g/mol. The number of nitrogens with one attached hydrogen (secondary N) is 2. The normalized spacial score (nSPS) is 14.3. The van der Waals surface area contributed by atoms with Gasteiger partial charge in [-0.3, -0.25) is 14.4 Å². The number of nitrogens with zero attached hydrogens (tertiary/aromatic N) is 4. The molecule has 0 saturated heterocycles. The highest BCUT2D eigenvalue weighted by atomic mass is 35.5. The van der Waals surface area contributed by atoms with E-state index in [2.05, 4.69) is 20.9 Å². The van der Waals surface area contributed by atoms with E-state index in [4.69, 9.17) is 16.3 Å². The van der Waals surface area contributed by atoms with Crippen molar-refractivity contribution in [2.75, 3.05) is 17.9 Å². The Morgan fingerprint density at radius 1 is 0.979 bits per heavy atom. The fraction of sp³-hybridized carbons (Fsp3) is 0.156. The molecule has 0 bridgehead atoms. The van der Waals surface area contributed by atoms with E-state index in [1.54, 1.807) is 24.3 Å². The molecule has 2 heterocycles. The number of methoxy groups -OCH3 is 1. The van der Waals surface area contributed by atoms with Crippen LogP contribution in [0, 0.1) is 11.6 Å². The molecule has 3 amide bonds. The SMILES string of the molecule is COc1ccc(CN2C(=O)c3c(c(NC(=O)c4cc(F)cc(C(F)(F)F)c4)cc4nn(NC(C)=O)nc34)C2c2cc(F)ccc2Cl)cc1. The van der Waals surface area contributed by atoms with E-state index in [-0.39, 0.29) is 51.0 Å². The minimum atomic E-state index is -4.95. The first-order valence-electron chi connectivity index (χ1n) is 14.0. The van der Waals surface area contributed by atoms with Crippen LogP contribution in [0.4, 0.5) is 27.6 Å². The maximum atomic E-state index is 14.8. The van der Waals surface area contributed by atoms with Gasteiger partial charge in [0.05, 0.1) is 24.3 Å². The second-order valence-corrected chi connectivity index (χ2v) is 11.2. The molecule has 6 rings (SSSR count). The first kappa shape index (κ1) is 32.4. The van der Waals surface area contributed by atoms with Crippen LogP contribution >= 0.6 is 11.6 Å². The van der Waals surface area contributed by atoms with Gasteiger partial charge in [-0.05, 0) is 60.2 Å². The fourth-order valence-corrected chi connectivity index (χ4v) is 5.72. The molecule has 0 aliphatic carbocycles. The quantitative estimate of drug-likeness (QED) is 0.190. The monoisotopic (exact) mass is 684 g/mol. The summed E-state index contributed by atoms with van der Waals surface area (Å²) in [6.45, 7) is 1.13. The molecule has 10 nitrogen and oxygen atoms in total. The average molecular weight is 685 g/mol. The van der Waals surface area contributed by atoms with Gasteiger partial charge in [0.25, 0.3) is 11.8 Å². The number of ether oxygens (including phenoxy) is 1. The van der Waals surface area contributed by atoms with Crippen molar-refractivity contribution in [2.24, 2.45) is 0 Å². The second-order valence-electron chi connectivity index (χ2n) is 10.8. The minimum absolute atomic E-state index is 0.00300. The summed E-state index contributed by atoms with van der Waals surface area (Å²) in [7, 11) is 1.49. The van der Waals surface area contributed by atoms with E-state index >= 15 is 0 Å². The molecule has 1 unspecified atom stereocenters. The number of carbonyl (C=O) groups excluding carboxylic acids is 3. The molecule has 5 aromatic rings.